The molecule has 0 bridgehead atoms. The molecule has 4 rings (SSSR count). The van der Waals surface area contributed by atoms with E-state index >= 15 is 0 Å². The highest BCUT2D eigenvalue weighted by Gasteiger charge is 2.17. The van der Waals surface area contributed by atoms with Crippen molar-refractivity contribution in [3.05, 3.63) is 60.2 Å². The molecule has 28 heavy (non-hydrogen) atoms. The number of carbonyl (C=O) groups is 1. The Morgan fingerprint density at radius 2 is 2.04 bits per heavy atom. The van der Waals surface area contributed by atoms with Crippen molar-refractivity contribution in [3.63, 3.8) is 0 Å². The Hall–Kier alpha value is -3.59. The minimum absolute atomic E-state index is 0.000372. The number of hydrogen-bond acceptors (Lipinski definition) is 7. The summed E-state index contributed by atoms with van der Waals surface area (Å²) in [6.45, 7) is 0.325. The van der Waals surface area contributed by atoms with Crippen molar-refractivity contribution in [2.45, 2.75) is 12.6 Å². The highest BCUT2D eigenvalue weighted by molar-refractivity contribution is 6.01. The van der Waals surface area contributed by atoms with Gasteiger partial charge in [0, 0.05) is 11.8 Å². The Bertz CT molecular complexity index is 986. The molecule has 1 aliphatic rings. The summed E-state index contributed by atoms with van der Waals surface area (Å²) < 4.78 is 17.0. The van der Waals surface area contributed by atoms with Crippen LogP contribution in [-0.4, -0.2) is 39.7 Å². The van der Waals surface area contributed by atoms with E-state index in [0.717, 1.165) is 0 Å². The standard InChI is InChI=1S/C19H18N4O5/c1-26-14-5-2-12(3-6-14)15(24)9-23-10-20-18(22-23)19(25)21-13-4-7-16-17(8-13)28-11-27-16/h2-8,10,15,24H,9,11H2,1H3,(H,21,25)/t15-/m0/s1. The molecular formula is C19H18N4O5. The third kappa shape index (κ3) is 3.74. The van der Waals surface area contributed by atoms with Crippen molar-refractivity contribution < 1.29 is 24.1 Å². The van der Waals surface area contributed by atoms with Gasteiger partial charge in [-0.25, -0.2) is 9.67 Å². The quantitative estimate of drug-likeness (QED) is 0.671. The summed E-state index contributed by atoms with van der Waals surface area (Å²) in [6.07, 6.45) is 0.610. The zero-order valence-corrected chi connectivity index (χ0v) is 15.0. The van der Waals surface area contributed by atoms with Crippen LogP contribution in [0.15, 0.2) is 48.8 Å². The molecule has 0 radical (unpaired) electrons. The minimum Gasteiger partial charge on any atom is -0.497 e. The maximum atomic E-state index is 12.4. The van der Waals surface area contributed by atoms with Crippen LogP contribution in [0, 0.1) is 0 Å². The number of aliphatic hydroxyl groups excluding tert-OH is 1. The molecule has 1 aromatic heterocycles. The Kier molecular flexibility index (Phi) is 4.81. The van der Waals surface area contributed by atoms with Crippen LogP contribution in [0.4, 0.5) is 5.69 Å². The maximum absolute atomic E-state index is 12.4. The van der Waals surface area contributed by atoms with Gasteiger partial charge in [-0.1, -0.05) is 12.1 Å². The van der Waals surface area contributed by atoms with Crippen molar-refractivity contribution >= 4 is 11.6 Å². The van der Waals surface area contributed by atoms with Crippen LogP contribution in [0.25, 0.3) is 0 Å². The van der Waals surface area contributed by atoms with Gasteiger partial charge in [0.15, 0.2) is 11.5 Å². The van der Waals surface area contributed by atoms with E-state index in [4.69, 9.17) is 14.2 Å². The number of ether oxygens (including phenoxy) is 3. The SMILES string of the molecule is COc1ccc([C@@H](O)Cn2cnc(C(=O)Nc3ccc4c(c3)OCO4)n2)cc1. The first-order valence-electron chi connectivity index (χ1n) is 8.55. The number of methoxy groups -OCH3 is 1. The highest BCUT2D eigenvalue weighted by Crippen LogP contribution is 2.34. The fraction of sp³-hybridized carbons (Fsp3) is 0.211. The maximum Gasteiger partial charge on any atom is 0.295 e. The Balaban J connectivity index is 1.39. The summed E-state index contributed by atoms with van der Waals surface area (Å²) in [5.41, 5.74) is 1.26. The number of nitrogens with zero attached hydrogens (tertiary/aromatic N) is 3. The van der Waals surface area contributed by atoms with Crippen LogP contribution in [-0.2, 0) is 6.54 Å². The summed E-state index contributed by atoms with van der Waals surface area (Å²) in [5, 5.41) is 17.2. The second-order valence-electron chi connectivity index (χ2n) is 6.10. The van der Waals surface area contributed by atoms with Crippen LogP contribution in [0.1, 0.15) is 22.3 Å². The van der Waals surface area contributed by atoms with Crippen molar-refractivity contribution in [3.8, 4) is 17.2 Å². The number of amides is 1. The summed E-state index contributed by atoms with van der Waals surface area (Å²) in [5.74, 6) is 1.45. The van der Waals surface area contributed by atoms with Gasteiger partial charge in [-0.2, -0.15) is 0 Å². The van der Waals surface area contributed by atoms with Crippen molar-refractivity contribution in [2.75, 3.05) is 19.2 Å². The van der Waals surface area contributed by atoms with Gasteiger partial charge in [0.2, 0.25) is 12.6 Å². The Morgan fingerprint density at radius 3 is 2.82 bits per heavy atom. The predicted molar refractivity (Wildman–Crippen MR) is 98.5 cm³/mol. The smallest absolute Gasteiger partial charge is 0.295 e. The normalized spacial score (nSPS) is 13.2. The zero-order chi connectivity index (χ0) is 19.5. The van der Waals surface area contributed by atoms with E-state index in [9.17, 15) is 9.90 Å². The molecule has 0 fully saturated rings. The molecule has 0 unspecified atom stereocenters. The number of rotatable bonds is 6. The van der Waals surface area contributed by atoms with Gasteiger partial charge < -0.3 is 24.6 Å². The van der Waals surface area contributed by atoms with Gasteiger partial charge in [0.05, 0.1) is 19.8 Å². The number of hydrogen-bond donors (Lipinski definition) is 2. The van der Waals surface area contributed by atoms with Crippen LogP contribution >= 0.6 is 0 Å². The molecule has 9 heteroatoms. The van der Waals surface area contributed by atoms with Gasteiger partial charge in [-0.05, 0) is 29.8 Å². The molecule has 144 valence electrons. The lowest BCUT2D eigenvalue weighted by Crippen LogP contribution is -2.15. The van der Waals surface area contributed by atoms with E-state index in [0.29, 0.717) is 28.5 Å². The van der Waals surface area contributed by atoms with Crippen molar-refractivity contribution in [2.24, 2.45) is 0 Å². The molecule has 2 heterocycles. The van der Waals surface area contributed by atoms with Gasteiger partial charge in [0.1, 0.15) is 12.1 Å². The molecule has 0 spiro atoms. The lowest BCUT2D eigenvalue weighted by molar-refractivity contribution is 0.101. The zero-order valence-electron chi connectivity index (χ0n) is 15.0. The minimum atomic E-state index is -0.794. The molecule has 9 nitrogen and oxygen atoms in total. The van der Waals surface area contributed by atoms with Crippen LogP contribution in [0.2, 0.25) is 0 Å². The Morgan fingerprint density at radius 1 is 1.25 bits per heavy atom. The number of carbonyl (C=O) groups excluding carboxylic acids is 1. The molecular weight excluding hydrogens is 364 g/mol. The fourth-order valence-electron chi connectivity index (χ4n) is 2.76. The summed E-state index contributed by atoms with van der Waals surface area (Å²) in [7, 11) is 1.58. The third-order valence-corrected chi connectivity index (χ3v) is 4.23. The van der Waals surface area contributed by atoms with E-state index < -0.39 is 12.0 Å². The molecule has 3 aromatic rings. The molecule has 0 saturated carbocycles. The number of aromatic nitrogens is 3. The third-order valence-electron chi connectivity index (χ3n) is 4.23. The van der Waals surface area contributed by atoms with Crippen LogP contribution in [0.5, 0.6) is 17.2 Å². The van der Waals surface area contributed by atoms with Gasteiger partial charge >= 0.3 is 0 Å². The molecule has 1 amide bonds. The number of benzene rings is 2. The molecule has 1 aliphatic heterocycles. The summed E-state index contributed by atoms with van der Waals surface area (Å²) in [6, 6.07) is 12.2. The van der Waals surface area contributed by atoms with E-state index in [1.165, 1.54) is 11.0 Å². The molecule has 0 saturated heterocycles. The highest BCUT2D eigenvalue weighted by atomic mass is 16.7. The average molecular weight is 382 g/mol. The number of fused-ring (bicyclic) bond motifs is 1. The first-order chi connectivity index (χ1) is 13.6. The van der Waals surface area contributed by atoms with Crippen molar-refractivity contribution in [1.29, 1.82) is 0 Å². The van der Waals surface area contributed by atoms with Crippen LogP contribution < -0.4 is 19.5 Å². The van der Waals surface area contributed by atoms with Gasteiger partial charge in [0.25, 0.3) is 5.91 Å². The Labute approximate surface area is 160 Å². The number of nitrogens with one attached hydrogen (secondary N) is 1. The second-order valence-corrected chi connectivity index (χ2v) is 6.10. The van der Waals surface area contributed by atoms with E-state index in [1.807, 2.05) is 0 Å². The van der Waals surface area contributed by atoms with E-state index in [-0.39, 0.29) is 19.2 Å². The molecule has 0 aliphatic carbocycles. The predicted octanol–water partition coefficient (Wildman–Crippen LogP) is 2.00. The largest absolute Gasteiger partial charge is 0.497 e. The lowest BCUT2D eigenvalue weighted by atomic mass is 10.1. The van der Waals surface area contributed by atoms with Crippen LogP contribution in [0.3, 0.4) is 0 Å². The summed E-state index contributed by atoms with van der Waals surface area (Å²) in [4.78, 5) is 16.4. The number of anilines is 1. The lowest BCUT2D eigenvalue weighted by Gasteiger charge is -2.11. The second kappa shape index (κ2) is 7.57. The molecule has 2 N–H and O–H groups in total. The van der Waals surface area contributed by atoms with E-state index in [2.05, 4.69) is 15.4 Å². The first kappa shape index (κ1) is 17.8. The van der Waals surface area contributed by atoms with Gasteiger partial charge in [-0.15, -0.1) is 5.10 Å². The van der Waals surface area contributed by atoms with Crippen molar-refractivity contribution in [1.82, 2.24) is 14.8 Å². The van der Waals surface area contributed by atoms with E-state index in [1.54, 1.807) is 49.6 Å². The summed E-state index contributed by atoms with van der Waals surface area (Å²) >= 11 is 0. The fourth-order valence-corrected chi connectivity index (χ4v) is 2.76. The molecule has 2 aromatic carbocycles. The van der Waals surface area contributed by atoms with Gasteiger partial charge in [-0.3, -0.25) is 4.79 Å². The topological polar surface area (TPSA) is 108 Å². The first-order valence-corrected chi connectivity index (χ1v) is 8.55. The number of aliphatic hydroxyl groups is 1. The average Bonchev–Trinajstić information content (AvgIpc) is 3.37. The molecule has 1 atom stereocenters. The monoisotopic (exact) mass is 382 g/mol.